The van der Waals surface area contributed by atoms with Crippen molar-refractivity contribution < 1.29 is 18.7 Å². The third kappa shape index (κ3) is 4.91. The van der Waals surface area contributed by atoms with E-state index in [4.69, 9.17) is 0 Å². The van der Waals surface area contributed by atoms with E-state index in [9.17, 15) is 14.0 Å². The van der Waals surface area contributed by atoms with Crippen LogP contribution in [0.25, 0.3) is 0 Å². The van der Waals surface area contributed by atoms with Gasteiger partial charge in [-0.1, -0.05) is 12.1 Å². The molecular formula is C21H18FN3O3. The molecule has 6 nitrogen and oxygen atoms in total. The number of aromatic nitrogens is 1. The predicted octanol–water partition coefficient (Wildman–Crippen LogP) is 3.68. The minimum atomic E-state index is -0.413. The van der Waals surface area contributed by atoms with Crippen LogP contribution in [0.1, 0.15) is 26.3 Å². The van der Waals surface area contributed by atoms with Crippen molar-refractivity contribution in [2.45, 2.75) is 6.54 Å². The molecule has 2 aromatic carbocycles. The van der Waals surface area contributed by atoms with E-state index in [1.165, 1.54) is 25.4 Å². The maximum Gasteiger partial charge on any atom is 0.337 e. The number of halogens is 1. The van der Waals surface area contributed by atoms with E-state index in [1.54, 1.807) is 48.5 Å². The second kappa shape index (κ2) is 8.77. The third-order valence-electron chi connectivity index (χ3n) is 3.97. The number of amides is 1. The number of hydrogen-bond donors (Lipinski definition) is 2. The van der Waals surface area contributed by atoms with E-state index in [-0.39, 0.29) is 11.7 Å². The van der Waals surface area contributed by atoms with Gasteiger partial charge in [-0.05, 0) is 54.1 Å². The van der Waals surface area contributed by atoms with Crippen molar-refractivity contribution in [3.63, 3.8) is 0 Å². The van der Waals surface area contributed by atoms with Crippen LogP contribution in [-0.2, 0) is 11.3 Å². The Kier molecular flexibility index (Phi) is 5.96. The minimum absolute atomic E-state index is 0.268. The molecule has 0 atom stereocenters. The number of carbonyl (C=O) groups excluding carboxylic acids is 2. The van der Waals surface area contributed by atoms with Crippen LogP contribution < -0.4 is 10.6 Å². The number of carbonyl (C=O) groups is 2. The second-order valence-electron chi connectivity index (χ2n) is 5.93. The molecular weight excluding hydrogens is 361 g/mol. The Morgan fingerprint density at radius 1 is 1.00 bits per heavy atom. The molecule has 0 spiro atoms. The molecule has 7 heteroatoms. The van der Waals surface area contributed by atoms with Gasteiger partial charge in [0.1, 0.15) is 11.6 Å². The molecule has 2 N–H and O–H groups in total. The van der Waals surface area contributed by atoms with E-state index in [2.05, 4.69) is 20.4 Å². The summed E-state index contributed by atoms with van der Waals surface area (Å²) in [6.45, 7) is 0.291. The molecule has 0 unspecified atom stereocenters. The van der Waals surface area contributed by atoms with Gasteiger partial charge >= 0.3 is 5.97 Å². The van der Waals surface area contributed by atoms with Crippen LogP contribution in [0.5, 0.6) is 0 Å². The highest BCUT2D eigenvalue weighted by Gasteiger charge is 2.08. The molecule has 3 rings (SSSR count). The van der Waals surface area contributed by atoms with Gasteiger partial charge in [0.15, 0.2) is 0 Å². The molecule has 0 fully saturated rings. The minimum Gasteiger partial charge on any atom is -0.465 e. The highest BCUT2D eigenvalue weighted by molar-refractivity contribution is 5.95. The number of pyridine rings is 1. The van der Waals surface area contributed by atoms with Gasteiger partial charge in [-0.25, -0.2) is 14.2 Å². The van der Waals surface area contributed by atoms with E-state index < -0.39 is 5.97 Å². The number of anilines is 2. The topological polar surface area (TPSA) is 80.3 Å². The summed E-state index contributed by atoms with van der Waals surface area (Å²) >= 11 is 0. The zero-order valence-electron chi connectivity index (χ0n) is 15.1. The molecule has 0 aliphatic carbocycles. The Bertz CT molecular complexity index is 973. The number of nitrogens with one attached hydrogen (secondary N) is 2. The van der Waals surface area contributed by atoms with Crippen LogP contribution in [0.2, 0.25) is 0 Å². The SMILES string of the molecule is COC(=O)c1ccc(Nc2cc(C(=O)NCc3ccc(F)cc3)ccn2)cc1. The van der Waals surface area contributed by atoms with Crippen molar-refractivity contribution in [2.24, 2.45) is 0 Å². The van der Waals surface area contributed by atoms with Gasteiger partial charge in [-0.2, -0.15) is 0 Å². The zero-order valence-corrected chi connectivity index (χ0v) is 15.1. The molecule has 1 aromatic heterocycles. The first-order chi connectivity index (χ1) is 13.5. The van der Waals surface area contributed by atoms with Gasteiger partial charge in [-0.3, -0.25) is 4.79 Å². The first-order valence-electron chi connectivity index (χ1n) is 8.49. The van der Waals surface area contributed by atoms with Crippen molar-refractivity contribution in [1.82, 2.24) is 10.3 Å². The third-order valence-corrected chi connectivity index (χ3v) is 3.97. The number of benzene rings is 2. The smallest absolute Gasteiger partial charge is 0.337 e. The van der Waals surface area contributed by atoms with Crippen molar-refractivity contribution in [3.05, 3.63) is 89.4 Å². The highest BCUT2D eigenvalue weighted by Crippen LogP contribution is 2.17. The van der Waals surface area contributed by atoms with E-state index >= 15 is 0 Å². The Morgan fingerprint density at radius 3 is 2.39 bits per heavy atom. The van der Waals surface area contributed by atoms with Gasteiger partial charge in [0.05, 0.1) is 12.7 Å². The van der Waals surface area contributed by atoms with Crippen LogP contribution in [-0.4, -0.2) is 24.0 Å². The lowest BCUT2D eigenvalue weighted by Gasteiger charge is -2.09. The molecule has 0 radical (unpaired) electrons. The Hall–Kier alpha value is -3.74. The maximum absolute atomic E-state index is 12.9. The molecule has 1 heterocycles. The number of esters is 1. The summed E-state index contributed by atoms with van der Waals surface area (Å²) in [6.07, 6.45) is 1.53. The maximum atomic E-state index is 12.9. The van der Waals surface area contributed by atoms with Gasteiger partial charge in [0, 0.05) is 24.0 Å². The fourth-order valence-corrected chi connectivity index (χ4v) is 2.48. The standard InChI is InChI=1S/C21H18FN3O3/c1-28-21(27)15-4-8-18(9-5-15)25-19-12-16(10-11-23-19)20(26)24-13-14-2-6-17(22)7-3-14/h2-12H,13H2,1H3,(H,23,25)(H,24,26). The van der Waals surface area contributed by atoms with Crippen molar-refractivity contribution >= 4 is 23.4 Å². The van der Waals surface area contributed by atoms with Gasteiger partial charge in [-0.15, -0.1) is 0 Å². The van der Waals surface area contributed by atoms with Gasteiger partial charge in [0.2, 0.25) is 0 Å². The molecule has 142 valence electrons. The summed E-state index contributed by atoms with van der Waals surface area (Å²) < 4.78 is 17.6. The van der Waals surface area contributed by atoms with Crippen molar-refractivity contribution in [3.8, 4) is 0 Å². The van der Waals surface area contributed by atoms with E-state index in [0.717, 1.165) is 5.56 Å². The lowest BCUT2D eigenvalue weighted by atomic mass is 10.2. The summed E-state index contributed by atoms with van der Waals surface area (Å²) in [5.41, 5.74) is 2.39. The lowest BCUT2D eigenvalue weighted by Crippen LogP contribution is -2.22. The zero-order chi connectivity index (χ0) is 19.9. The average molecular weight is 379 g/mol. The lowest BCUT2D eigenvalue weighted by molar-refractivity contribution is 0.0600. The number of nitrogens with zero attached hydrogens (tertiary/aromatic N) is 1. The summed E-state index contributed by atoms with van der Waals surface area (Å²) in [6, 6.07) is 15.9. The van der Waals surface area contributed by atoms with Crippen LogP contribution in [0, 0.1) is 5.82 Å². The molecule has 0 saturated heterocycles. The molecule has 3 aromatic rings. The van der Waals surface area contributed by atoms with Crippen molar-refractivity contribution in [1.29, 1.82) is 0 Å². The normalized spacial score (nSPS) is 10.2. The summed E-state index contributed by atoms with van der Waals surface area (Å²) in [4.78, 5) is 28.0. The van der Waals surface area contributed by atoms with Crippen LogP contribution in [0.4, 0.5) is 15.9 Å². The number of ether oxygens (including phenoxy) is 1. The number of methoxy groups -OCH3 is 1. The summed E-state index contributed by atoms with van der Waals surface area (Å²) in [7, 11) is 1.32. The average Bonchev–Trinajstić information content (AvgIpc) is 2.73. The Labute approximate surface area is 161 Å². The fraction of sp³-hybridized carbons (Fsp3) is 0.0952. The molecule has 28 heavy (non-hydrogen) atoms. The molecule has 0 bridgehead atoms. The van der Waals surface area contributed by atoms with Crippen LogP contribution in [0.15, 0.2) is 66.9 Å². The molecule has 0 aliphatic heterocycles. The summed E-state index contributed by atoms with van der Waals surface area (Å²) in [5.74, 6) is -0.514. The largest absolute Gasteiger partial charge is 0.465 e. The fourth-order valence-electron chi connectivity index (χ4n) is 2.48. The van der Waals surface area contributed by atoms with E-state index in [1.807, 2.05) is 0 Å². The Balaban J connectivity index is 1.63. The number of hydrogen-bond acceptors (Lipinski definition) is 5. The predicted molar refractivity (Wildman–Crippen MR) is 103 cm³/mol. The van der Waals surface area contributed by atoms with Crippen LogP contribution >= 0.6 is 0 Å². The van der Waals surface area contributed by atoms with Gasteiger partial charge in [0.25, 0.3) is 5.91 Å². The quantitative estimate of drug-likeness (QED) is 0.639. The van der Waals surface area contributed by atoms with Crippen LogP contribution in [0.3, 0.4) is 0 Å². The first-order valence-corrected chi connectivity index (χ1v) is 8.49. The highest BCUT2D eigenvalue weighted by atomic mass is 19.1. The first kappa shape index (κ1) is 19.0. The molecule has 0 saturated carbocycles. The van der Waals surface area contributed by atoms with Gasteiger partial charge < -0.3 is 15.4 Å². The summed E-state index contributed by atoms with van der Waals surface area (Å²) in [5, 5.41) is 5.86. The van der Waals surface area contributed by atoms with E-state index in [0.29, 0.717) is 29.2 Å². The molecule has 0 aliphatic rings. The number of rotatable bonds is 6. The Morgan fingerprint density at radius 2 is 1.71 bits per heavy atom. The van der Waals surface area contributed by atoms with Crippen molar-refractivity contribution in [2.75, 3.05) is 12.4 Å². The molecule has 1 amide bonds. The monoisotopic (exact) mass is 379 g/mol. The second-order valence-corrected chi connectivity index (χ2v) is 5.93.